The summed E-state index contributed by atoms with van der Waals surface area (Å²) in [4.78, 5) is 0. The van der Waals surface area contributed by atoms with Crippen LogP contribution in [0.2, 0.25) is 10.0 Å². The van der Waals surface area contributed by atoms with Gasteiger partial charge in [0, 0.05) is 12.0 Å². The first-order valence-corrected chi connectivity index (χ1v) is 6.84. The Balaban J connectivity index is 2.25. The van der Waals surface area contributed by atoms with Gasteiger partial charge in [-0.05, 0) is 44.0 Å². The molecular weight excluding hydrogens is 283 g/mol. The van der Waals surface area contributed by atoms with Gasteiger partial charge in [0.2, 0.25) is 0 Å². The minimum absolute atomic E-state index is 0.484. The number of hydrogen-bond donors (Lipinski definition) is 1. The highest BCUT2D eigenvalue weighted by Crippen LogP contribution is 2.30. The topological polar surface area (TPSA) is 33.4 Å². The molecule has 1 atom stereocenters. The molecule has 2 nitrogen and oxygen atoms in total. The van der Waals surface area contributed by atoms with Crippen LogP contribution in [0.1, 0.15) is 34.3 Å². The largest absolute Gasteiger partial charge is 0.466 e. The molecule has 0 saturated carbocycles. The van der Waals surface area contributed by atoms with E-state index in [4.69, 9.17) is 27.6 Å². The summed E-state index contributed by atoms with van der Waals surface area (Å²) >= 11 is 11.9. The molecule has 0 aliphatic carbocycles. The number of halogens is 2. The number of hydrogen-bond acceptors (Lipinski definition) is 2. The highest BCUT2D eigenvalue weighted by atomic mass is 35.5. The van der Waals surface area contributed by atoms with E-state index in [0.29, 0.717) is 16.5 Å². The van der Waals surface area contributed by atoms with Gasteiger partial charge in [0.15, 0.2) is 0 Å². The fraction of sp³-hybridized carbons (Fsp3) is 0.333. The maximum atomic E-state index is 10.4. The van der Waals surface area contributed by atoms with Crippen molar-refractivity contribution in [1.82, 2.24) is 0 Å². The Labute approximate surface area is 123 Å². The molecule has 0 bridgehead atoms. The third-order valence-electron chi connectivity index (χ3n) is 3.36. The average molecular weight is 299 g/mol. The van der Waals surface area contributed by atoms with E-state index in [0.717, 1.165) is 28.2 Å². The summed E-state index contributed by atoms with van der Waals surface area (Å²) in [6.45, 7) is 5.73. The molecule has 1 N–H and O–H groups in total. The second-order valence-electron chi connectivity index (χ2n) is 4.72. The quantitative estimate of drug-likeness (QED) is 0.884. The van der Waals surface area contributed by atoms with Gasteiger partial charge in [-0.1, -0.05) is 29.3 Å². The molecule has 2 rings (SSSR count). The smallest absolute Gasteiger partial charge is 0.107 e. The minimum Gasteiger partial charge on any atom is -0.466 e. The lowest BCUT2D eigenvalue weighted by Crippen LogP contribution is -2.04. The lowest BCUT2D eigenvalue weighted by atomic mass is 9.98. The maximum absolute atomic E-state index is 10.4. The van der Waals surface area contributed by atoms with Crippen molar-refractivity contribution in [3.05, 3.63) is 56.5 Å². The van der Waals surface area contributed by atoms with Crippen LogP contribution in [0.4, 0.5) is 0 Å². The van der Waals surface area contributed by atoms with Crippen LogP contribution in [-0.2, 0) is 6.42 Å². The number of aliphatic hydroxyl groups excluding tert-OH is 1. The summed E-state index contributed by atoms with van der Waals surface area (Å²) in [6, 6.07) is 5.39. The van der Waals surface area contributed by atoms with E-state index in [2.05, 4.69) is 0 Å². The standard InChI is InChI=1S/C15H16Cl2O2/c1-8-9(2)19-10(3)15(8)14(18)7-11-4-5-12(16)13(17)6-11/h4-6,14,18H,7H2,1-3H3. The van der Waals surface area contributed by atoms with Crippen LogP contribution in [-0.4, -0.2) is 5.11 Å². The van der Waals surface area contributed by atoms with Gasteiger partial charge in [0.05, 0.1) is 16.1 Å². The number of aryl methyl sites for hydroxylation is 2. The molecule has 0 amide bonds. The fourth-order valence-electron chi connectivity index (χ4n) is 2.29. The van der Waals surface area contributed by atoms with E-state index >= 15 is 0 Å². The van der Waals surface area contributed by atoms with Crippen molar-refractivity contribution < 1.29 is 9.52 Å². The SMILES string of the molecule is Cc1oc(C)c(C(O)Cc2ccc(Cl)c(Cl)c2)c1C. The summed E-state index contributed by atoms with van der Waals surface area (Å²) in [5, 5.41) is 11.4. The summed E-state index contributed by atoms with van der Waals surface area (Å²) in [6.07, 6.45) is -0.118. The van der Waals surface area contributed by atoms with Crippen molar-refractivity contribution in [3.63, 3.8) is 0 Å². The van der Waals surface area contributed by atoms with Crippen LogP contribution in [0.15, 0.2) is 22.6 Å². The van der Waals surface area contributed by atoms with Crippen molar-refractivity contribution in [2.75, 3.05) is 0 Å². The van der Waals surface area contributed by atoms with Crippen molar-refractivity contribution in [2.45, 2.75) is 33.3 Å². The molecule has 1 aromatic carbocycles. The summed E-state index contributed by atoms with van der Waals surface area (Å²) < 4.78 is 5.54. The molecule has 0 saturated heterocycles. The lowest BCUT2D eigenvalue weighted by Gasteiger charge is -2.12. The molecule has 102 valence electrons. The van der Waals surface area contributed by atoms with Crippen LogP contribution in [0.25, 0.3) is 0 Å². The first-order chi connectivity index (χ1) is 8.90. The highest BCUT2D eigenvalue weighted by Gasteiger charge is 2.19. The molecule has 0 aliphatic heterocycles. The fourth-order valence-corrected chi connectivity index (χ4v) is 2.61. The number of furan rings is 1. The van der Waals surface area contributed by atoms with E-state index < -0.39 is 6.10 Å². The molecule has 0 fully saturated rings. The summed E-state index contributed by atoms with van der Waals surface area (Å²) in [5.74, 6) is 1.61. The van der Waals surface area contributed by atoms with E-state index in [9.17, 15) is 5.11 Å². The zero-order valence-corrected chi connectivity index (χ0v) is 12.6. The van der Waals surface area contributed by atoms with Gasteiger partial charge < -0.3 is 9.52 Å². The predicted molar refractivity (Wildman–Crippen MR) is 78.0 cm³/mol. The Morgan fingerprint density at radius 1 is 1.11 bits per heavy atom. The van der Waals surface area contributed by atoms with Crippen molar-refractivity contribution in [3.8, 4) is 0 Å². The van der Waals surface area contributed by atoms with Crippen molar-refractivity contribution in [2.24, 2.45) is 0 Å². The van der Waals surface area contributed by atoms with Crippen LogP contribution < -0.4 is 0 Å². The van der Waals surface area contributed by atoms with Crippen molar-refractivity contribution >= 4 is 23.2 Å². The number of rotatable bonds is 3. The lowest BCUT2D eigenvalue weighted by molar-refractivity contribution is 0.176. The first-order valence-electron chi connectivity index (χ1n) is 6.08. The molecule has 19 heavy (non-hydrogen) atoms. The molecule has 1 unspecified atom stereocenters. The van der Waals surface area contributed by atoms with Gasteiger partial charge >= 0.3 is 0 Å². The number of aliphatic hydroxyl groups is 1. The third kappa shape index (κ3) is 2.97. The normalized spacial score (nSPS) is 12.7. The maximum Gasteiger partial charge on any atom is 0.107 e. The Morgan fingerprint density at radius 2 is 1.79 bits per heavy atom. The van der Waals surface area contributed by atoms with Crippen LogP contribution in [0.5, 0.6) is 0 Å². The molecule has 0 aliphatic rings. The molecule has 4 heteroatoms. The number of benzene rings is 1. The molecule has 0 spiro atoms. The van der Waals surface area contributed by atoms with E-state index in [1.165, 1.54) is 0 Å². The van der Waals surface area contributed by atoms with Gasteiger partial charge in [0.25, 0.3) is 0 Å². The Hall–Kier alpha value is -0.960. The monoisotopic (exact) mass is 298 g/mol. The minimum atomic E-state index is -0.602. The third-order valence-corrected chi connectivity index (χ3v) is 4.10. The van der Waals surface area contributed by atoms with E-state index in [-0.39, 0.29) is 0 Å². The molecule has 2 aromatic rings. The van der Waals surface area contributed by atoms with Crippen LogP contribution >= 0.6 is 23.2 Å². The predicted octanol–water partition coefficient (Wildman–Crippen LogP) is 4.79. The van der Waals surface area contributed by atoms with Gasteiger partial charge in [0.1, 0.15) is 11.5 Å². The van der Waals surface area contributed by atoms with Crippen LogP contribution in [0, 0.1) is 20.8 Å². The summed E-state index contributed by atoms with van der Waals surface area (Å²) in [7, 11) is 0. The molecular formula is C15H16Cl2O2. The second kappa shape index (κ2) is 5.58. The molecule has 1 aromatic heterocycles. The van der Waals surface area contributed by atoms with E-state index in [1.807, 2.05) is 26.8 Å². The van der Waals surface area contributed by atoms with Gasteiger partial charge in [-0.3, -0.25) is 0 Å². The zero-order valence-electron chi connectivity index (χ0n) is 11.1. The zero-order chi connectivity index (χ0) is 14.2. The Morgan fingerprint density at radius 3 is 2.32 bits per heavy atom. The molecule has 0 radical (unpaired) electrons. The van der Waals surface area contributed by atoms with Crippen LogP contribution in [0.3, 0.4) is 0 Å². The van der Waals surface area contributed by atoms with Crippen molar-refractivity contribution in [1.29, 1.82) is 0 Å². The van der Waals surface area contributed by atoms with E-state index in [1.54, 1.807) is 12.1 Å². The van der Waals surface area contributed by atoms with Gasteiger partial charge in [-0.15, -0.1) is 0 Å². The van der Waals surface area contributed by atoms with Gasteiger partial charge in [-0.2, -0.15) is 0 Å². The Bertz CT molecular complexity index is 602. The summed E-state index contributed by atoms with van der Waals surface area (Å²) in [5.41, 5.74) is 2.81. The first kappa shape index (κ1) is 14.4. The second-order valence-corrected chi connectivity index (χ2v) is 5.54. The average Bonchev–Trinajstić information content (AvgIpc) is 2.58. The highest BCUT2D eigenvalue weighted by molar-refractivity contribution is 6.42. The Kier molecular flexibility index (Phi) is 4.24. The van der Waals surface area contributed by atoms with Gasteiger partial charge in [-0.25, -0.2) is 0 Å². The molecule has 1 heterocycles.